The number of halogens is 2. The van der Waals surface area contributed by atoms with Crippen molar-refractivity contribution in [2.45, 2.75) is 6.92 Å². The second-order valence-electron chi connectivity index (χ2n) is 4.81. The van der Waals surface area contributed by atoms with Crippen LogP contribution in [0.25, 0.3) is 17.1 Å². The molecule has 0 amide bonds. The summed E-state index contributed by atoms with van der Waals surface area (Å²) in [4.78, 5) is -0.0356. The SMILES string of the molecule is COc1c(C)cccc1-n1nc(-c2c(F)cccc2F)oc1=S. The molecule has 0 atom stereocenters. The Hall–Kier alpha value is -2.54. The van der Waals surface area contributed by atoms with E-state index < -0.39 is 11.6 Å². The largest absolute Gasteiger partial charge is 0.494 e. The van der Waals surface area contributed by atoms with Crippen molar-refractivity contribution in [3.63, 3.8) is 0 Å². The van der Waals surface area contributed by atoms with Gasteiger partial charge in [0.05, 0.1) is 7.11 Å². The van der Waals surface area contributed by atoms with Gasteiger partial charge in [-0.25, -0.2) is 8.78 Å². The van der Waals surface area contributed by atoms with Crippen LogP contribution in [0, 0.1) is 23.4 Å². The van der Waals surface area contributed by atoms with Crippen LogP contribution in [-0.4, -0.2) is 16.9 Å². The molecule has 0 saturated carbocycles. The Morgan fingerprint density at radius 2 is 1.78 bits per heavy atom. The Morgan fingerprint density at radius 1 is 1.13 bits per heavy atom. The summed E-state index contributed by atoms with van der Waals surface area (Å²) in [6, 6.07) is 8.91. The summed E-state index contributed by atoms with van der Waals surface area (Å²) in [5.74, 6) is -1.22. The number of methoxy groups -OCH3 is 1. The van der Waals surface area contributed by atoms with Crippen molar-refractivity contribution in [2.24, 2.45) is 0 Å². The van der Waals surface area contributed by atoms with Crippen molar-refractivity contribution >= 4 is 12.2 Å². The lowest BCUT2D eigenvalue weighted by Gasteiger charge is -2.09. The molecule has 1 aromatic heterocycles. The molecule has 0 radical (unpaired) electrons. The molecule has 0 aliphatic rings. The van der Waals surface area contributed by atoms with Crippen LogP contribution in [0.5, 0.6) is 5.75 Å². The monoisotopic (exact) mass is 334 g/mol. The van der Waals surface area contributed by atoms with Crippen LogP contribution >= 0.6 is 12.2 Å². The van der Waals surface area contributed by atoms with Crippen LogP contribution in [0.4, 0.5) is 8.78 Å². The van der Waals surface area contributed by atoms with E-state index in [0.717, 1.165) is 17.7 Å². The van der Waals surface area contributed by atoms with Crippen molar-refractivity contribution in [3.05, 3.63) is 58.4 Å². The summed E-state index contributed by atoms with van der Waals surface area (Å²) in [5.41, 5.74) is 1.04. The molecule has 7 heteroatoms. The van der Waals surface area contributed by atoms with Gasteiger partial charge in [0.25, 0.3) is 10.7 Å². The third-order valence-electron chi connectivity index (χ3n) is 3.35. The number of aryl methyl sites for hydroxylation is 1. The van der Waals surface area contributed by atoms with Crippen LogP contribution in [0.1, 0.15) is 5.56 Å². The first-order chi connectivity index (χ1) is 11.0. The molecule has 3 rings (SSSR count). The van der Waals surface area contributed by atoms with Crippen molar-refractivity contribution in [1.82, 2.24) is 9.78 Å². The fourth-order valence-corrected chi connectivity index (χ4v) is 2.52. The fourth-order valence-electron chi connectivity index (χ4n) is 2.30. The maximum Gasteiger partial charge on any atom is 0.292 e. The number of rotatable bonds is 3. The number of nitrogens with zero attached hydrogens (tertiary/aromatic N) is 2. The molecule has 0 bridgehead atoms. The minimum absolute atomic E-state index is 0.0356. The predicted molar refractivity (Wildman–Crippen MR) is 83.3 cm³/mol. The van der Waals surface area contributed by atoms with E-state index in [2.05, 4.69) is 5.10 Å². The maximum absolute atomic E-state index is 13.9. The molecule has 2 aromatic carbocycles. The summed E-state index contributed by atoms with van der Waals surface area (Å²) in [6.45, 7) is 1.86. The zero-order valence-corrected chi connectivity index (χ0v) is 13.2. The standard InChI is InChI=1S/C16H12F2N2O2S/c1-9-5-3-8-12(14(9)21-2)20-16(23)22-15(19-20)13-10(17)6-4-7-11(13)18/h3-8H,1-2H3. The second kappa shape index (κ2) is 5.92. The third kappa shape index (κ3) is 2.63. The number of hydrogen-bond acceptors (Lipinski definition) is 4. The van der Waals surface area contributed by atoms with Crippen molar-refractivity contribution in [3.8, 4) is 22.9 Å². The van der Waals surface area contributed by atoms with E-state index in [1.165, 1.54) is 17.9 Å². The number of para-hydroxylation sites is 1. The first-order valence-electron chi connectivity index (χ1n) is 6.71. The highest BCUT2D eigenvalue weighted by Gasteiger charge is 2.19. The summed E-state index contributed by atoms with van der Waals surface area (Å²) >= 11 is 5.13. The topological polar surface area (TPSA) is 40.2 Å². The normalized spacial score (nSPS) is 10.8. The molecular weight excluding hydrogens is 322 g/mol. The molecule has 0 spiro atoms. The Morgan fingerprint density at radius 3 is 2.43 bits per heavy atom. The highest BCUT2D eigenvalue weighted by Crippen LogP contribution is 2.30. The molecule has 23 heavy (non-hydrogen) atoms. The number of ether oxygens (including phenoxy) is 1. The maximum atomic E-state index is 13.9. The van der Waals surface area contributed by atoms with Crippen LogP contribution < -0.4 is 4.74 Å². The summed E-state index contributed by atoms with van der Waals surface area (Å²) in [7, 11) is 1.52. The molecule has 0 aliphatic carbocycles. The van der Waals surface area contributed by atoms with Crippen molar-refractivity contribution in [2.75, 3.05) is 7.11 Å². The van der Waals surface area contributed by atoms with Gasteiger partial charge in [-0.1, -0.05) is 18.2 Å². The summed E-state index contributed by atoms with van der Waals surface area (Å²) in [6.07, 6.45) is 0. The fraction of sp³-hybridized carbons (Fsp3) is 0.125. The highest BCUT2D eigenvalue weighted by atomic mass is 32.1. The Kier molecular flexibility index (Phi) is 3.96. The predicted octanol–water partition coefficient (Wildman–Crippen LogP) is 4.46. The lowest BCUT2D eigenvalue weighted by molar-refractivity contribution is 0.407. The summed E-state index contributed by atoms with van der Waals surface area (Å²) in [5, 5.41) is 4.11. The van der Waals surface area contributed by atoms with Gasteiger partial charge in [-0.3, -0.25) is 0 Å². The minimum Gasteiger partial charge on any atom is -0.494 e. The molecule has 0 fully saturated rings. The Balaban J connectivity index is 2.21. The average Bonchev–Trinajstić information content (AvgIpc) is 2.88. The quantitative estimate of drug-likeness (QED) is 0.663. The van der Waals surface area contributed by atoms with Crippen molar-refractivity contribution in [1.29, 1.82) is 0 Å². The van der Waals surface area contributed by atoms with Crippen LogP contribution in [0.15, 0.2) is 40.8 Å². The van der Waals surface area contributed by atoms with Gasteiger partial charge >= 0.3 is 0 Å². The van der Waals surface area contributed by atoms with Gasteiger partial charge in [0.1, 0.15) is 28.6 Å². The van der Waals surface area contributed by atoms with Gasteiger partial charge in [0.15, 0.2) is 0 Å². The summed E-state index contributed by atoms with van der Waals surface area (Å²) < 4.78 is 39.7. The van der Waals surface area contributed by atoms with E-state index in [4.69, 9.17) is 21.4 Å². The smallest absolute Gasteiger partial charge is 0.292 e. The molecule has 0 aliphatic heterocycles. The molecule has 3 aromatic rings. The van der Waals surface area contributed by atoms with Crippen LogP contribution in [0.3, 0.4) is 0 Å². The number of benzene rings is 2. The van der Waals surface area contributed by atoms with Gasteiger partial charge < -0.3 is 9.15 Å². The molecule has 0 N–H and O–H groups in total. The van der Waals surface area contributed by atoms with E-state index in [-0.39, 0.29) is 16.3 Å². The lowest BCUT2D eigenvalue weighted by atomic mass is 10.2. The Bertz CT molecular complexity index is 914. The number of hydrogen-bond donors (Lipinski definition) is 0. The highest BCUT2D eigenvalue weighted by molar-refractivity contribution is 7.71. The minimum atomic E-state index is -0.774. The molecule has 0 unspecified atom stereocenters. The zero-order valence-electron chi connectivity index (χ0n) is 12.3. The van der Waals surface area contributed by atoms with Gasteiger partial charge in [0, 0.05) is 0 Å². The average molecular weight is 334 g/mol. The zero-order chi connectivity index (χ0) is 16.6. The molecule has 118 valence electrons. The van der Waals surface area contributed by atoms with E-state index in [1.807, 2.05) is 13.0 Å². The molecule has 0 saturated heterocycles. The molecule has 4 nitrogen and oxygen atoms in total. The van der Waals surface area contributed by atoms with Gasteiger partial charge in [-0.15, -0.1) is 5.10 Å². The number of aromatic nitrogens is 2. The van der Waals surface area contributed by atoms with Crippen LogP contribution in [0.2, 0.25) is 0 Å². The van der Waals surface area contributed by atoms with E-state index >= 15 is 0 Å². The first-order valence-corrected chi connectivity index (χ1v) is 7.12. The van der Waals surface area contributed by atoms with E-state index in [1.54, 1.807) is 12.1 Å². The third-order valence-corrected chi connectivity index (χ3v) is 3.60. The van der Waals surface area contributed by atoms with Crippen molar-refractivity contribution < 1.29 is 17.9 Å². The Labute approximate surface area is 135 Å². The molecule has 1 heterocycles. The van der Waals surface area contributed by atoms with Gasteiger partial charge in [-0.2, -0.15) is 4.68 Å². The van der Waals surface area contributed by atoms with E-state index in [9.17, 15) is 8.78 Å². The van der Waals surface area contributed by atoms with Crippen LogP contribution in [-0.2, 0) is 0 Å². The molecular formula is C16H12F2N2O2S. The van der Waals surface area contributed by atoms with Gasteiger partial charge in [0.2, 0.25) is 0 Å². The lowest BCUT2D eigenvalue weighted by Crippen LogP contribution is -2.02. The first kappa shape index (κ1) is 15.4. The van der Waals surface area contributed by atoms with E-state index in [0.29, 0.717) is 11.4 Å². The second-order valence-corrected chi connectivity index (χ2v) is 5.16. The van der Waals surface area contributed by atoms with Gasteiger partial charge in [-0.05, 0) is 42.9 Å².